The maximum atomic E-state index is 13.5. The Balaban J connectivity index is 1.96. The molecule has 0 bridgehead atoms. The van der Waals surface area contributed by atoms with Gasteiger partial charge in [0.15, 0.2) is 0 Å². The van der Waals surface area contributed by atoms with Crippen molar-refractivity contribution in [3.8, 4) is 0 Å². The highest BCUT2D eigenvalue weighted by Crippen LogP contribution is 2.33. The first kappa shape index (κ1) is 16.9. The van der Waals surface area contributed by atoms with E-state index in [2.05, 4.69) is 21.2 Å². The van der Waals surface area contributed by atoms with Gasteiger partial charge in [0, 0.05) is 18.1 Å². The second-order valence-electron chi connectivity index (χ2n) is 5.98. The lowest BCUT2D eigenvalue weighted by Gasteiger charge is -2.24. The van der Waals surface area contributed by atoms with Crippen molar-refractivity contribution in [1.82, 2.24) is 5.32 Å². The first-order valence-corrected chi connectivity index (χ1v) is 8.63. The van der Waals surface area contributed by atoms with E-state index in [1.54, 1.807) is 13.2 Å². The molecule has 1 atom stereocenters. The number of halogens is 2. The van der Waals surface area contributed by atoms with Gasteiger partial charge in [-0.1, -0.05) is 41.6 Å². The zero-order valence-corrected chi connectivity index (χ0v) is 14.3. The Bertz CT molecular complexity index is 415. The van der Waals surface area contributed by atoms with E-state index in [1.807, 2.05) is 6.07 Å². The molecule has 0 aromatic heterocycles. The summed E-state index contributed by atoms with van der Waals surface area (Å²) in [6.07, 6.45) is 6.25. The summed E-state index contributed by atoms with van der Waals surface area (Å²) in [6.45, 7) is 2.61. The van der Waals surface area contributed by atoms with Gasteiger partial charge in [-0.3, -0.25) is 0 Å². The van der Waals surface area contributed by atoms with E-state index in [0.29, 0.717) is 5.92 Å². The minimum atomic E-state index is -0.156. The van der Waals surface area contributed by atoms with Crippen LogP contribution in [0.4, 0.5) is 4.39 Å². The van der Waals surface area contributed by atoms with Crippen LogP contribution in [0.15, 0.2) is 22.7 Å². The van der Waals surface area contributed by atoms with Crippen molar-refractivity contribution in [3.05, 3.63) is 34.1 Å². The second-order valence-corrected chi connectivity index (χ2v) is 6.90. The molecule has 0 radical (unpaired) electrons. The van der Waals surface area contributed by atoms with Crippen LogP contribution in [-0.4, -0.2) is 26.8 Å². The van der Waals surface area contributed by atoms with Gasteiger partial charge in [-0.05, 0) is 48.6 Å². The molecule has 1 saturated carbocycles. The third-order valence-corrected chi connectivity index (χ3v) is 4.83. The van der Waals surface area contributed by atoms with Crippen molar-refractivity contribution in [2.45, 2.75) is 32.1 Å². The number of rotatable bonds is 8. The van der Waals surface area contributed by atoms with Crippen LogP contribution in [0.25, 0.3) is 0 Å². The summed E-state index contributed by atoms with van der Waals surface area (Å²) < 4.78 is 19.5. The summed E-state index contributed by atoms with van der Waals surface area (Å²) in [7, 11) is 1.72. The monoisotopic (exact) mass is 357 g/mol. The highest BCUT2D eigenvalue weighted by atomic mass is 79.9. The molecule has 21 heavy (non-hydrogen) atoms. The van der Waals surface area contributed by atoms with Gasteiger partial charge in [-0.25, -0.2) is 4.39 Å². The van der Waals surface area contributed by atoms with Crippen LogP contribution in [0.3, 0.4) is 0 Å². The Morgan fingerprint density at radius 1 is 1.33 bits per heavy atom. The van der Waals surface area contributed by atoms with Crippen molar-refractivity contribution in [1.29, 1.82) is 0 Å². The number of hydrogen-bond donors (Lipinski definition) is 1. The van der Waals surface area contributed by atoms with Crippen molar-refractivity contribution >= 4 is 15.9 Å². The Labute approximate surface area is 135 Å². The zero-order chi connectivity index (χ0) is 15.1. The largest absolute Gasteiger partial charge is 0.383 e. The van der Waals surface area contributed by atoms with Crippen molar-refractivity contribution in [2.24, 2.45) is 11.8 Å². The Morgan fingerprint density at radius 2 is 2.10 bits per heavy atom. The van der Waals surface area contributed by atoms with Gasteiger partial charge in [0.25, 0.3) is 0 Å². The molecule has 118 valence electrons. The van der Waals surface area contributed by atoms with Crippen molar-refractivity contribution in [3.63, 3.8) is 0 Å². The lowest BCUT2D eigenvalue weighted by molar-refractivity contribution is 0.195. The quantitative estimate of drug-likeness (QED) is 0.704. The van der Waals surface area contributed by atoms with E-state index in [1.165, 1.54) is 31.7 Å². The zero-order valence-electron chi connectivity index (χ0n) is 12.7. The average Bonchev–Trinajstić information content (AvgIpc) is 2.95. The molecule has 0 aliphatic heterocycles. The molecule has 2 rings (SSSR count). The Hall–Kier alpha value is -0.450. The minimum Gasteiger partial charge on any atom is -0.383 e. The van der Waals surface area contributed by atoms with Gasteiger partial charge in [0.05, 0.1) is 6.61 Å². The molecule has 1 aromatic carbocycles. The fraction of sp³-hybridized carbons (Fsp3) is 0.647. The molecule has 1 aliphatic carbocycles. The lowest BCUT2D eigenvalue weighted by atomic mass is 9.85. The molecule has 0 heterocycles. The predicted octanol–water partition coefficient (Wildman–Crippen LogP) is 4.17. The molecule has 1 N–H and O–H groups in total. The third kappa shape index (κ3) is 5.68. The first-order chi connectivity index (χ1) is 10.2. The summed E-state index contributed by atoms with van der Waals surface area (Å²) in [5.41, 5.74) is 1.09. The third-order valence-electron chi connectivity index (χ3n) is 4.38. The normalized spacial score (nSPS) is 17.3. The minimum absolute atomic E-state index is 0.156. The number of ether oxygens (including phenoxy) is 1. The molecule has 1 unspecified atom stereocenters. The predicted molar refractivity (Wildman–Crippen MR) is 88.0 cm³/mol. The topological polar surface area (TPSA) is 21.3 Å². The van der Waals surface area contributed by atoms with Gasteiger partial charge < -0.3 is 10.1 Å². The molecule has 1 aromatic rings. The van der Waals surface area contributed by atoms with E-state index in [0.717, 1.165) is 42.1 Å². The van der Waals surface area contributed by atoms with Gasteiger partial charge >= 0.3 is 0 Å². The fourth-order valence-electron chi connectivity index (χ4n) is 3.33. The molecule has 4 heteroatoms. The Morgan fingerprint density at radius 3 is 2.76 bits per heavy atom. The lowest BCUT2D eigenvalue weighted by Crippen LogP contribution is -2.31. The molecular formula is C17H25BrFNO. The second kappa shape index (κ2) is 8.86. The smallest absolute Gasteiger partial charge is 0.124 e. The molecule has 0 spiro atoms. The van der Waals surface area contributed by atoms with Gasteiger partial charge in [-0.2, -0.15) is 0 Å². The van der Waals surface area contributed by atoms with Crippen LogP contribution in [0.2, 0.25) is 0 Å². The van der Waals surface area contributed by atoms with E-state index in [-0.39, 0.29) is 5.82 Å². The molecule has 0 saturated heterocycles. The van der Waals surface area contributed by atoms with Crippen LogP contribution in [0.1, 0.15) is 31.2 Å². The standard InChI is InChI=1S/C17H25BrFNO/c1-21-7-6-20-12-15(14-4-2-3-5-14)8-13-9-16(18)11-17(19)10-13/h9-11,14-15,20H,2-8,12H2,1H3. The van der Waals surface area contributed by atoms with E-state index in [9.17, 15) is 4.39 Å². The molecule has 2 nitrogen and oxygen atoms in total. The van der Waals surface area contributed by atoms with Crippen LogP contribution in [0, 0.1) is 17.7 Å². The summed E-state index contributed by atoms with van der Waals surface area (Å²) in [5.74, 6) is 1.19. The fourth-order valence-corrected chi connectivity index (χ4v) is 3.84. The summed E-state index contributed by atoms with van der Waals surface area (Å²) in [5, 5.41) is 3.48. The van der Waals surface area contributed by atoms with E-state index < -0.39 is 0 Å². The highest BCUT2D eigenvalue weighted by Gasteiger charge is 2.25. The number of nitrogens with one attached hydrogen (secondary N) is 1. The first-order valence-electron chi connectivity index (χ1n) is 7.83. The van der Waals surface area contributed by atoms with Gasteiger partial charge in [-0.15, -0.1) is 0 Å². The van der Waals surface area contributed by atoms with Gasteiger partial charge in [0.2, 0.25) is 0 Å². The summed E-state index contributed by atoms with van der Waals surface area (Å²) >= 11 is 3.39. The van der Waals surface area contributed by atoms with Crippen molar-refractivity contribution in [2.75, 3.05) is 26.8 Å². The maximum Gasteiger partial charge on any atom is 0.124 e. The molecule has 1 fully saturated rings. The summed E-state index contributed by atoms with van der Waals surface area (Å²) in [4.78, 5) is 0. The van der Waals surface area contributed by atoms with Crippen LogP contribution in [-0.2, 0) is 11.2 Å². The van der Waals surface area contributed by atoms with Crippen LogP contribution in [0.5, 0.6) is 0 Å². The number of benzene rings is 1. The van der Waals surface area contributed by atoms with E-state index >= 15 is 0 Å². The molecule has 1 aliphatic rings. The molecular weight excluding hydrogens is 333 g/mol. The number of methoxy groups -OCH3 is 1. The highest BCUT2D eigenvalue weighted by molar-refractivity contribution is 9.10. The SMILES string of the molecule is COCCNCC(Cc1cc(F)cc(Br)c1)C1CCCC1. The summed E-state index contributed by atoms with van der Waals surface area (Å²) in [6, 6.07) is 5.23. The van der Waals surface area contributed by atoms with E-state index in [4.69, 9.17) is 4.74 Å². The van der Waals surface area contributed by atoms with Crippen LogP contribution >= 0.6 is 15.9 Å². The van der Waals surface area contributed by atoms with Gasteiger partial charge in [0.1, 0.15) is 5.82 Å². The maximum absolute atomic E-state index is 13.5. The number of hydrogen-bond acceptors (Lipinski definition) is 2. The van der Waals surface area contributed by atoms with Crippen LogP contribution < -0.4 is 5.32 Å². The Kier molecular flexibility index (Phi) is 7.14. The van der Waals surface area contributed by atoms with Crippen molar-refractivity contribution < 1.29 is 9.13 Å². The molecule has 0 amide bonds. The average molecular weight is 358 g/mol.